The maximum Gasteiger partial charge on any atom is 0.472 e. The number of phosphoric acid groups is 2. The molecule has 135 heavy (non-hydrogen) atoms. The number of aliphatic hydroxyl groups excluding tert-OH is 2. The van der Waals surface area contributed by atoms with Gasteiger partial charge in [0.05, 0.1) is 26.4 Å². The van der Waals surface area contributed by atoms with Gasteiger partial charge in [-0.15, -0.1) is 0 Å². The van der Waals surface area contributed by atoms with E-state index in [2.05, 4.69) is 215 Å². The van der Waals surface area contributed by atoms with Crippen LogP contribution in [0.3, 0.4) is 0 Å². The van der Waals surface area contributed by atoms with E-state index in [1.807, 2.05) is 0 Å². The topological polar surface area (TPSA) is 231 Å². The van der Waals surface area contributed by atoms with Crippen LogP contribution in [-0.4, -0.2) is 95.9 Å². The van der Waals surface area contributed by atoms with Gasteiger partial charge in [-0.25, -0.2) is 9.13 Å². The van der Waals surface area contributed by atoms with Crippen LogP contribution in [0.15, 0.2) is 194 Å². The molecule has 5 unspecified atom stereocenters. The summed E-state index contributed by atoms with van der Waals surface area (Å²) in [6.45, 7) is 2.51. The fourth-order valence-corrected chi connectivity index (χ4v) is 16.7. The molecule has 0 amide bonds. The second-order valence-electron chi connectivity index (χ2n) is 36.4. The van der Waals surface area contributed by atoms with Crippen molar-refractivity contribution in [2.45, 2.75) is 489 Å². The minimum Gasteiger partial charge on any atom is -0.463 e. The first-order valence-corrected chi connectivity index (χ1v) is 57.7. The highest BCUT2D eigenvalue weighted by molar-refractivity contribution is 7.47. The van der Waals surface area contributed by atoms with Gasteiger partial charge in [0.25, 0.3) is 0 Å². The summed E-state index contributed by atoms with van der Waals surface area (Å²) in [5.41, 5.74) is 0. The van der Waals surface area contributed by atoms with E-state index in [-0.39, 0.29) is 19.3 Å². The molecular weight excluding hydrogens is 1720 g/mol. The number of ether oxygens (including phenoxy) is 3. The standard InChI is InChI=1S/C117H200O16P2/c1-4-7-10-13-16-19-22-25-28-31-34-37-40-43-46-49-51-53-55-57-59-62-64-67-70-73-76-79-82-85-88-91-94-97-100-103-115(120)127-106-112(118)107-129-134(123,124)130-108-113(119)109-131-135(125,126)132-111-114(133-117(122)105-102-99-96-93-90-87-84-81-78-75-72-69-66-61-48-45-42-39-36-33-30-27-24-21-18-15-12-9-6-3)110-128-116(121)104-101-98-95-92-89-86-83-80-77-74-71-68-65-63-60-58-56-54-52-50-47-44-41-38-35-32-29-26-23-20-17-14-11-8-5-2/h7-8,10-11,16-21,25-30,34-39,43-48,51-54,112-114,118-119H,4-6,9,12-15,22-24,31-33,40-42,49-50,55-111H2,1-3H3,(H,123,124)(H,125,126)/b10-7-,11-8-,19-16-,20-17-,21-18-,28-25-,29-26-,30-27-,37-34-,38-35-,39-36-,46-43-,47-44-,48-45-,53-51-,54-52-. The third-order valence-corrected chi connectivity index (χ3v) is 25.2. The van der Waals surface area contributed by atoms with Crippen LogP contribution in [0.4, 0.5) is 0 Å². The Morgan fingerprint density at radius 1 is 0.215 bits per heavy atom. The van der Waals surface area contributed by atoms with Crippen LogP contribution >= 0.6 is 15.6 Å². The molecule has 0 fully saturated rings. The predicted octanol–water partition coefficient (Wildman–Crippen LogP) is 35.2. The Hall–Kier alpha value is -5.61. The molecule has 16 nitrogen and oxygen atoms in total. The molecular formula is C117H200O16P2. The molecule has 0 heterocycles. The Morgan fingerprint density at radius 3 is 0.622 bits per heavy atom. The van der Waals surface area contributed by atoms with E-state index in [0.717, 1.165) is 167 Å². The SMILES string of the molecule is CC/C=C\C/C=C\C/C=C\C/C=C\C/C=C\C/C=C\CCCCCCCCCCCCCCCCCCC(=O)OCC(O)COP(=O)(O)OCC(O)COP(=O)(O)OCC(COC(=O)CCCCCCCCCCCCCCCCCC/C=C\C/C=C\C/C=C\C/C=C\C/C=C\C/C=C\CC)OC(=O)CCCCCCCCCCCCCCC/C=C\C/C=C\C/C=C\C/C=C\CCCCC. The number of rotatable bonds is 103. The molecule has 5 atom stereocenters. The van der Waals surface area contributed by atoms with Crippen molar-refractivity contribution >= 4 is 33.6 Å². The fourth-order valence-electron chi connectivity index (χ4n) is 15.1. The van der Waals surface area contributed by atoms with Crippen molar-refractivity contribution in [3.63, 3.8) is 0 Å². The van der Waals surface area contributed by atoms with Gasteiger partial charge in [-0.1, -0.05) is 478 Å². The Bertz CT molecular complexity index is 3240. The molecule has 0 rings (SSSR count). The van der Waals surface area contributed by atoms with Gasteiger partial charge in [-0.2, -0.15) is 0 Å². The molecule has 0 aliphatic heterocycles. The van der Waals surface area contributed by atoms with E-state index in [4.69, 9.17) is 32.3 Å². The second-order valence-corrected chi connectivity index (χ2v) is 39.3. The molecule has 0 spiro atoms. The van der Waals surface area contributed by atoms with Gasteiger partial charge in [-0.3, -0.25) is 32.5 Å². The minimum absolute atomic E-state index is 0.101. The zero-order valence-electron chi connectivity index (χ0n) is 86.0. The lowest BCUT2D eigenvalue weighted by Gasteiger charge is -2.21. The van der Waals surface area contributed by atoms with Crippen LogP contribution in [0, 0.1) is 0 Å². The Balaban J connectivity index is 4.60. The summed E-state index contributed by atoms with van der Waals surface area (Å²) >= 11 is 0. The summed E-state index contributed by atoms with van der Waals surface area (Å²) in [5, 5.41) is 20.8. The van der Waals surface area contributed by atoms with E-state index in [9.17, 15) is 43.5 Å². The van der Waals surface area contributed by atoms with Crippen molar-refractivity contribution in [3.8, 4) is 0 Å². The number of hydrogen-bond donors (Lipinski definition) is 4. The van der Waals surface area contributed by atoms with Crippen molar-refractivity contribution in [2.24, 2.45) is 0 Å². The monoisotopic (exact) mass is 1920 g/mol. The van der Waals surface area contributed by atoms with Gasteiger partial charge < -0.3 is 34.2 Å². The first-order chi connectivity index (χ1) is 66.2. The largest absolute Gasteiger partial charge is 0.472 e. The van der Waals surface area contributed by atoms with Crippen LogP contribution in [0.1, 0.15) is 470 Å². The normalized spacial score (nSPS) is 14.3. The maximum atomic E-state index is 13.2. The Labute approximate surface area is 827 Å². The molecule has 0 radical (unpaired) electrons. The van der Waals surface area contributed by atoms with Crippen LogP contribution in [0.25, 0.3) is 0 Å². The molecule has 774 valence electrons. The maximum absolute atomic E-state index is 13.2. The fraction of sp³-hybridized carbons (Fsp3) is 0.701. The zero-order chi connectivity index (χ0) is 97.8. The number of hydrogen-bond acceptors (Lipinski definition) is 14. The summed E-state index contributed by atoms with van der Waals surface area (Å²) in [5.74, 6) is -1.56. The molecule has 18 heteroatoms. The zero-order valence-corrected chi connectivity index (χ0v) is 87.8. The summed E-state index contributed by atoms with van der Waals surface area (Å²) < 4.78 is 61.8. The highest BCUT2D eigenvalue weighted by atomic mass is 31.2. The predicted molar refractivity (Wildman–Crippen MR) is 574 cm³/mol. The van der Waals surface area contributed by atoms with Crippen molar-refractivity contribution < 1.29 is 75.8 Å². The summed E-state index contributed by atoms with van der Waals surface area (Å²) in [6, 6.07) is 0. The molecule has 0 aromatic carbocycles. The lowest BCUT2D eigenvalue weighted by atomic mass is 10.0. The van der Waals surface area contributed by atoms with Crippen molar-refractivity contribution in [2.75, 3.05) is 39.6 Å². The molecule has 4 N–H and O–H groups in total. The van der Waals surface area contributed by atoms with E-state index in [1.54, 1.807) is 0 Å². The van der Waals surface area contributed by atoms with Gasteiger partial charge in [0.15, 0.2) is 6.10 Å². The average molecular weight is 1920 g/mol. The molecule has 0 aromatic heterocycles. The second kappa shape index (κ2) is 107. The molecule has 0 saturated carbocycles. The summed E-state index contributed by atoms with van der Waals surface area (Å²) in [7, 11) is -9.82. The van der Waals surface area contributed by atoms with Gasteiger partial charge >= 0.3 is 33.6 Å². The highest BCUT2D eigenvalue weighted by Crippen LogP contribution is 2.45. The van der Waals surface area contributed by atoms with Gasteiger partial charge in [-0.05, 0) is 167 Å². The number of carbonyl (C=O) groups is 3. The van der Waals surface area contributed by atoms with Crippen molar-refractivity contribution in [3.05, 3.63) is 194 Å². The molecule has 0 aliphatic rings. The third-order valence-electron chi connectivity index (χ3n) is 23.3. The van der Waals surface area contributed by atoms with Crippen molar-refractivity contribution in [1.82, 2.24) is 0 Å². The minimum atomic E-state index is -4.95. The quantitative estimate of drug-likeness (QED) is 0.0146. The first kappa shape index (κ1) is 129. The van der Waals surface area contributed by atoms with Crippen molar-refractivity contribution in [1.29, 1.82) is 0 Å². The van der Waals surface area contributed by atoms with Crippen LogP contribution < -0.4 is 0 Å². The Morgan fingerprint density at radius 2 is 0.393 bits per heavy atom. The summed E-state index contributed by atoms with van der Waals surface area (Å²) in [6.07, 6.45) is 145. The average Bonchev–Trinajstić information content (AvgIpc) is 0.895. The van der Waals surface area contributed by atoms with Crippen LogP contribution in [0.5, 0.6) is 0 Å². The van der Waals surface area contributed by atoms with E-state index < -0.39 is 91.5 Å². The Kier molecular flexibility index (Phi) is 103. The smallest absolute Gasteiger partial charge is 0.463 e. The van der Waals surface area contributed by atoms with E-state index >= 15 is 0 Å². The molecule has 0 saturated heterocycles. The van der Waals surface area contributed by atoms with Gasteiger partial charge in [0.1, 0.15) is 25.4 Å². The van der Waals surface area contributed by atoms with Gasteiger partial charge in [0, 0.05) is 19.3 Å². The highest BCUT2D eigenvalue weighted by Gasteiger charge is 2.30. The number of esters is 3. The van der Waals surface area contributed by atoms with E-state index in [0.29, 0.717) is 19.3 Å². The number of carbonyl (C=O) groups excluding carboxylic acids is 3. The lowest BCUT2D eigenvalue weighted by molar-refractivity contribution is -0.161. The van der Waals surface area contributed by atoms with Gasteiger partial charge in [0.2, 0.25) is 0 Å². The molecule has 0 bridgehead atoms. The van der Waals surface area contributed by atoms with Crippen LogP contribution in [0.2, 0.25) is 0 Å². The third kappa shape index (κ3) is 109. The number of unbranched alkanes of at least 4 members (excludes halogenated alkanes) is 48. The van der Waals surface area contributed by atoms with E-state index in [1.165, 1.54) is 244 Å². The molecule has 0 aromatic rings. The lowest BCUT2D eigenvalue weighted by Crippen LogP contribution is -2.30. The number of phosphoric ester groups is 2. The number of allylic oxidation sites excluding steroid dienone is 32. The summed E-state index contributed by atoms with van der Waals surface area (Å²) in [4.78, 5) is 59.3. The number of aliphatic hydroxyl groups is 2. The first-order valence-electron chi connectivity index (χ1n) is 54.7. The van der Waals surface area contributed by atoms with Crippen LogP contribution in [-0.2, 0) is 55.8 Å². The molecule has 0 aliphatic carbocycles.